The van der Waals surface area contributed by atoms with E-state index in [4.69, 9.17) is 11.3 Å². The van der Waals surface area contributed by atoms with Gasteiger partial charge in [-0.05, 0) is 12.1 Å². The SMILES string of the molecule is [C-]#[N+]c1ccc(OC)c(C(=O)OC)n1. The van der Waals surface area contributed by atoms with Crippen molar-refractivity contribution < 1.29 is 14.3 Å². The minimum Gasteiger partial charge on any atom is -0.492 e. The topological polar surface area (TPSA) is 52.8 Å². The van der Waals surface area contributed by atoms with E-state index in [1.54, 1.807) is 0 Å². The predicted octanol–water partition coefficient (Wildman–Crippen LogP) is 1.43. The summed E-state index contributed by atoms with van der Waals surface area (Å²) in [6.45, 7) is 6.74. The molecule has 1 rings (SSSR count). The summed E-state index contributed by atoms with van der Waals surface area (Å²) in [4.78, 5) is 18.1. The first-order chi connectivity index (χ1) is 6.72. The molecule has 1 heterocycles. The van der Waals surface area contributed by atoms with Crippen molar-refractivity contribution in [1.82, 2.24) is 4.98 Å². The molecule has 0 aromatic carbocycles. The molecule has 1 aromatic heterocycles. The summed E-state index contributed by atoms with van der Waals surface area (Å²) in [7, 11) is 2.66. The lowest BCUT2D eigenvalue weighted by molar-refractivity contribution is 0.0590. The summed E-state index contributed by atoms with van der Waals surface area (Å²) in [6, 6.07) is 2.98. The van der Waals surface area contributed by atoms with E-state index in [-0.39, 0.29) is 11.5 Å². The molecule has 0 aliphatic carbocycles. The van der Waals surface area contributed by atoms with Gasteiger partial charge < -0.3 is 14.3 Å². The highest BCUT2D eigenvalue weighted by Gasteiger charge is 2.19. The van der Waals surface area contributed by atoms with Gasteiger partial charge in [0.2, 0.25) is 0 Å². The smallest absolute Gasteiger partial charge is 0.384 e. The van der Waals surface area contributed by atoms with Crippen molar-refractivity contribution in [3.63, 3.8) is 0 Å². The first-order valence-electron chi connectivity index (χ1n) is 3.73. The average Bonchev–Trinajstić information content (AvgIpc) is 2.27. The van der Waals surface area contributed by atoms with Crippen LogP contribution in [0.1, 0.15) is 10.5 Å². The van der Waals surface area contributed by atoms with Crippen LogP contribution in [0.25, 0.3) is 4.85 Å². The van der Waals surface area contributed by atoms with Crippen LogP contribution in [0.3, 0.4) is 0 Å². The Bertz CT molecular complexity index is 396. The quantitative estimate of drug-likeness (QED) is 0.525. The third kappa shape index (κ3) is 1.80. The lowest BCUT2D eigenvalue weighted by Gasteiger charge is -2.02. The molecule has 5 nitrogen and oxygen atoms in total. The largest absolute Gasteiger partial charge is 0.492 e. The molecular formula is C9H8N2O3. The minimum absolute atomic E-state index is 0.0171. The van der Waals surface area contributed by atoms with E-state index in [0.29, 0.717) is 5.75 Å². The Morgan fingerprint density at radius 3 is 2.71 bits per heavy atom. The Balaban J connectivity index is 3.23. The molecule has 0 aliphatic rings. The van der Waals surface area contributed by atoms with E-state index in [1.807, 2.05) is 0 Å². The number of hydrogen-bond donors (Lipinski definition) is 0. The molecule has 0 atom stereocenters. The van der Waals surface area contributed by atoms with Crippen LogP contribution in [-0.4, -0.2) is 25.2 Å². The number of pyridine rings is 1. The fraction of sp³-hybridized carbons (Fsp3) is 0.222. The fourth-order valence-electron chi connectivity index (χ4n) is 0.906. The number of nitrogens with zero attached hydrogens (tertiary/aromatic N) is 2. The number of rotatable bonds is 2. The standard InChI is InChI=1S/C9H8N2O3/c1-10-7-5-4-6(13-2)8(11-7)9(12)14-3/h4-5H,2-3H3. The maximum atomic E-state index is 11.2. The van der Waals surface area contributed by atoms with E-state index in [2.05, 4.69) is 14.6 Å². The Kier molecular flexibility index (Phi) is 3.02. The number of hydrogen-bond acceptors (Lipinski definition) is 4. The van der Waals surface area contributed by atoms with Gasteiger partial charge >= 0.3 is 5.97 Å². The molecule has 0 aliphatic heterocycles. The molecule has 0 amide bonds. The van der Waals surface area contributed by atoms with E-state index in [1.165, 1.54) is 26.4 Å². The average molecular weight is 192 g/mol. The molecule has 5 heteroatoms. The fourth-order valence-corrected chi connectivity index (χ4v) is 0.906. The van der Waals surface area contributed by atoms with Gasteiger partial charge in [-0.1, -0.05) is 6.57 Å². The van der Waals surface area contributed by atoms with Crippen LogP contribution < -0.4 is 4.74 Å². The van der Waals surface area contributed by atoms with Crippen LogP contribution >= 0.6 is 0 Å². The second-order valence-electron chi connectivity index (χ2n) is 2.32. The molecular weight excluding hydrogens is 184 g/mol. The summed E-state index contributed by atoms with van der Waals surface area (Å²) < 4.78 is 9.40. The highest BCUT2D eigenvalue weighted by molar-refractivity contribution is 5.90. The van der Waals surface area contributed by atoms with Gasteiger partial charge in [0.1, 0.15) is 0 Å². The lowest BCUT2D eigenvalue weighted by Crippen LogP contribution is -2.06. The van der Waals surface area contributed by atoms with Gasteiger partial charge in [-0.2, -0.15) is 0 Å². The molecule has 0 saturated carbocycles. The van der Waals surface area contributed by atoms with Gasteiger partial charge in [-0.3, -0.25) is 0 Å². The van der Waals surface area contributed by atoms with Crippen molar-refractivity contribution in [3.05, 3.63) is 29.2 Å². The van der Waals surface area contributed by atoms with Gasteiger partial charge in [0.05, 0.1) is 14.2 Å². The Labute approximate surface area is 81.1 Å². The van der Waals surface area contributed by atoms with Crippen LogP contribution in [0.4, 0.5) is 5.82 Å². The molecule has 0 spiro atoms. The third-order valence-electron chi connectivity index (χ3n) is 1.56. The molecule has 72 valence electrons. The van der Waals surface area contributed by atoms with E-state index < -0.39 is 5.97 Å². The van der Waals surface area contributed by atoms with Crippen molar-refractivity contribution >= 4 is 11.8 Å². The summed E-state index contributed by atoms with van der Waals surface area (Å²) in [5.41, 5.74) is 0.0171. The van der Waals surface area contributed by atoms with Gasteiger partial charge in [-0.15, -0.1) is 4.98 Å². The zero-order valence-electron chi connectivity index (χ0n) is 7.77. The molecule has 0 unspecified atom stereocenters. The summed E-state index contributed by atoms with van der Waals surface area (Å²) in [5.74, 6) is -0.192. The van der Waals surface area contributed by atoms with Crippen molar-refractivity contribution in [2.24, 2.45) is 0 Å². The van der Waals surface area contributed by atoms with Crippen molar-refractivity contribution in [2.75, 3.05) is 14.2 Å². The highest BCUT2D eigenvalue weighted by Crippen LogP contribution is 2.20. The van der Waals surface area contributed by atoms with Crippen molar-refractivity contribution in [2.45, 2.75) is 0 Å². The Morgan fingerprint density at radius 1 is 1.50 bits per heavy atom. The number of aromatic nitrogens is 1. The van der Waals surface area contributed by atoms with Gasteiger partial charge in [0.15, 0.2) is 5.75 Å². The monoisotopic (exact) mass is 192 g/mol. The maximum absolute atomic E-state index is 11.2. The minimum atomic E-state index is -0.618. The predicted molar refractivity (Wildman–Crippen MR) is 48.4 cm³/mol. The first-order valence-corrected chi connectivity index (χ1v) is 3.73. The molecule has 14 heavy (non-hydrogen) atoms. The number of esters is 1. The summed E-state index contributed by atoms with van der Waals surface area (Å²) >= 11 is 0. The van der Waals surface area contributed by atoms with Crippen LogP contribution in [-0.2, 0) is 4.74 Å². The molecule has 1 aromatic rings. The molecule has 0 N–H and O–H groups in total. The molecule has 0 fully saturated rings. The number of carbonyl (C=O) groups is 1. The van der Waals surface area contributed by atoms with Crippen molar-refractivity contribution in [1.29, 1.82) is 0 Å². The second kappa shape index (κ2) is 4.23. The van der Waals surface area contributed by atoms with Crippen LogP contribution in [0.2, 0.25) is 0 Å². The second-order valence-corrected chi connectivity index (χ2v) is 2.32. The number of methoxy groups -OCH3 is 2. The van der Waals surface area contributed by atoms with Gasteiger partial charge in [0, 0.05) is 0 Å². The van der Waals surface area contributed by atoms with Crippen LogP contribution in [0.5, 0.6) is 5.75 Å². The summed E-state index contributed by atoms with van der Waals surface area (Å²) in [5, 5.41) is 0. The maximum Gasteiger partial charge on any atom is 0.384 e. The summed E-state index contributed by atoms with van der Waals surface area (Å²) in [6.07, 6.45) is 0. The van der Waals surface area contributed by atoms with Crippen LogP contribution in [0, 0.1) is 6.57 Å². The van der Waals surface area contributed by atoms with Gasteiger partial charge in [0.25, 0.3) is 11.5 Å². The number of carbonyl (C=O) groups excluding carboxylic acids is 1. The molecule has 0 saturated heterocycles. The molecule has 0 bridgehead atoms. The Hall–Kier alpha value is -2.09. The zero-order valence-corrected chi connectivity index (χ0v) is 7.77. The van der Waals surface area contributed by atoms with E-state index in [9.17, 15) is 4.79 Å². The third-order valence-corrected chi connectivity index (χ3v) is 1.56. The van der Waals surface area contributed by atoms with Crippen molar-refractivity contribution in [3.8, 4) is 5.75 Å². The first kappa shape index (κ1) is 9.99. The lowest BCUT2D eigenvalue weighted by atomic mass is 10.3. The normalized spacial score (nSPS) is 8.93. The number of ether oxygens (including phenoxy) is 2. The van der Waals surface area contributed by atoms with E-state index >= 15 is 0 Å². The zero-order chi connectivity index (χ0) is 10.6. The molecule has 0 radical (unpaired) electrons. The Morgan fingerprint density at radius 2 is 2.21 bits per heavy atom. The van der Waals surface area contributed by atoms with Crippen LogP contribution in [0.15, 0.2) is 12.1 Å². The van der Waals surface area contributed by atoms with Gasteiger partial charge in [-0.25, -0.2) is 4.79 Å². The van der Waals surface area contributed by atoms with E-state index in [0.717, 1.165) is 0 Å². The highest BCUT2D eigenvalue weighted by atomic mass is 16.5.